The molecule has 0 saturated carbocycles. The number of fused-ring (bicyclic) bond motifs is 1. The fourth-order valence-electron chi connectivity index (χ4n) is 3.15. The Morgan fingerprint density at radius 2 is 1.81 bits per heavy atom. The van der Waals surface area contributed by atoms with Crippen LogP contribution < -0.4 is 4.90 Å². The van der Waals surface area contributed by atoms with Crippen LogP contribution in [-0.4, -0.2) is 23.1 Å². The number of anilines is 1. The first kappa shape index (κ1) is 12.8. The third kappa shape index (κ3) is 2.40. The fourth-order valence-corrected chi connectivity index (χ4v) is 4.01. The molecular formula is C17H17N3S. The van der Waals surface area contributed by atoms with Crippen LogP contribution in [0.25, 0.3) is 10.2 Å². The van der Waals surface area contributed by atoms with E-state index >= 15 is 0 Å². The number of piperidine rings is 1. The Morgan fingerprint density at radius 1 is 1.00 bits per heavy atom. The Balaban J connectivity index is 1.54. The highest BCUT2D eigenvalue weighted by atomic mass is 32.1. The summed E-state index contributed by atoms with van der Waals surface area (Å²) in [7, 11) is 0. The molecule has 0 atom stereocenters. The summed E-state index contributed by atoms with van der Waals surface area (Å²) in [6, 6.07) is 12.9. The van der Waals surface area contributed by atoms with E-state index in [0.717, 1.165) is 24.4 Å². The van der Waals surface area contributed by atoms with E-state index in [2.05, 4.69) is 56.6 Å². The molecule has 1 aromatic carbocycles. The summed E-state index contributed by atoms with van der Waals surface area (Å²) in [5, 5.41) is 2.10. The van der Waals surface area contributed by atoms with Crippen LogP contribution in [0.4, 0.5) is 5.82 Å². The van der Waals surface area contributed by atoms with Crippen molar-refractivity contribution in [3.63, 3.8) is 0 Å². The second-order valence-electron chi connectivity index (χ2n) is 5.50. The molecule has 3 nitrogen and oxygen atoms in total. The van der Waals surface area contributed by atoms with Gasteiger partial charge in [0.2, 0.25) is 0 Å². The minimum Gasteiger partial charge on any atom is -0.355 e. The smallest absolute Gasteiger partial charge is 0.150 e. The lowest BCUT2D eigenvalue weighted by atomic mass is 9.89. The minimum absolute atomic E-state index is 0.683. The predicted octanol–water partition coefficient (Wildman–Crippen LogP) is 4.08. The summed E-state index contributed by atoms with van der Waals surface area (Å²) < 4.78 is 1.22. The first-order valence-electron chi connectivity index (χ1n) is 7.40. The molecule has 1 aliphatic heterocycles. The Hall–Kier alpha value is -1.94. The second-order valence-corrected chi connectivity index (χ2v) is 6.42. The molecule has 0 radical (unpaired) electrons. The van der Waals surface area contributed by atoms with Crippen molar-refractivity contribution < 1.29 is 0 Å². The normalized spacial score (nSPS) is 16.5. The summed E-state index contributed by atoms with van der Waals surface area (Å²) in [6.07, 6.45) is 4.08. The van der Waals surface area contributed by atoms with Crippen LogP contribution in [0.15, 0.2) is 48.1 Å². The highest BCUT2D eigenvalue weighted by molar-refractivity contribution is 7.17. The lowest BCUT2D eigenvalue weighted by Crippen LogP contribution is -2.33. The number of hydrogen-bond acceptors (Lipinski definition) is 4. The molecule has 106 valence electrons. The maximum absolute atomic E-state index is 4.53. The molecule has 2 aromatic heterocycles. The molecule has 4 rings (SSSR count). The number of benzene rings is 1. The van der Waals surface area contributed by atoms with Crippen molar-refractivity contribution >= 4 is 27.4 Å². The van der Waals surface area contributed by atoms with Crippen molar-refractivity contribution in [3.8, 4) is 0 Å². The van der Waals surface area contributed by atoms with Crippen LogP contribution in [-0.2, 0) is 0 Å². The first-order chi connectivity index (χ1) is 10.4. The number of hydrogen-bond donors (Lipinski definition) is 0. The van der Waals surface area contributed by atoms with Crippen molar-refractivity contribution in [1.82, 2.24) is 9.97 Å². The van der Waals surface area contributed by atoms with Gasteiger partial charge in [-0.2, -0.15) is 0 Å². The predicted molar refractivity (Wildman–Crippen MR) is 88.0 cm³/mol. The molecule has 3 aromatic rings. The van der Waals surface area contributed by atoms with E-state index in [-0.39, 0.29) is 0 Å². The summed E-state index contributed by atoms with van der Waals surface area (Å²) in [5.41, 5.74) is 2.54. The van der Waals surface area contributed by atoms with E-state index in [1.807, 2.05) is 0 Å². The maximum Gasteiger partial charge on any atom is 0.150 e. The molecule has 0 bridgehead atoms. The van der Waals surface area contributed by atoms with Crippen molar-refractivity contribution in [2.45, 2.75) is 18.8 Å². The van der Waals surface area contributed by atoms with Crippen LogP contribution in [0.3, 0.4) is 0 Å². The third-order valence-electron chi connectivity index (χ3n) is 4.29. The average molecular weight is 295 g/mol. The zero-order valence-corrected chi connectivity index (χ0v) is 12.6. The number of aromatic nitrogens is 2. The van der Waals surface area contributed by atoms with E-state index < -0.39 is 0 Å². The van der Waals surface area contributed by atoms with E-state index in [9.17, 15) is 0 Å². The molecule has 1 fully saturated rings. The molecule has 0 unspecified atom stereocenters. The quantitative estimate of drug-likeness (QED) is 0.713. The van der Waals surface area contributed by atoms with Crippen molar-refractivity contribution in [1.29, 1.82) is 0 Å². The van der Waals surface area contributed by atoms with E-state index in [1.54, 1.807) is 17.7 Å². The topological polar surface area (TPSA) is 29.0 Å². The number of thiophene rings is 1. The molecule has 0 spiro atoms. The van der Waals surface area contributed by atoms with Gasteiger partial charge in [-0.3, -0.25) is 0 Å². The molecular weight excluding hydrogens is 278 g/mol. The van der Waals surface area contributed by atoms with Gasteiger partial charge >= 0.3 is 0 Å². The van der Waals surface area contributed by atoms with Crippen LogP contribution in [0.2, 0.25) is 0 Å². The second kappa shape index (κ2) is 5.45. The van der Waals surface area contributed by atoms with E-state index in [1.165, 1.54) is 23.1 Å². The fraction of sp³-hybridized carbons (Fsp3) is 0.294. The maximum atomic E-state index is 4.53. The molecule has 0 N–H and O–H groups in total. The van der Waals surface area contributed by atoms with Crippen LogP contribution in [0.1, 0.15) is 24.3 Å². The zero-order chi connectivity index (χ0) is 14.1. The Labute approximate surface area is 128 Å². The molecule has 3 heterocycles. The van der Waals surface area contributed by atoms with E-state index in [0.29, 0.717) is 5.92 Å². The standard InChI is InChI=1S/C17H17N3S/c1-2-4-13(5-3-1)14-6-9-20(10-7-14)17-16-15(8-11-21-16)18-12-19-17/h1-5,8,11-12,14H,6-7,9-10H2. The van der Waals surface area contributed by atoms with Gasteiger partial charge in [0.05, 0.1) is 10.2 Å². The average Bonchev–Trinajstić information content (AvgIpc) is 3.04. The SMILES string of the molecule is c1ccc(C2CCN(c3ncnc4ccsc34)CC2)cc1. The van der Waals surface area contributed by atoms with Crippen molar-refractivity contribution in [3.05, 3.63) is 53.7 Å². The molecule has 0 amide bonds. The van der Waals surface area contributed by atoms with Crippen LogP contribution >= 0.6 is 11.3 Å². The molecule has 0 aliphatic carbocycles. The summed E-state index contributed by atoms with van der Waals surface area (Å²) in [6.45, 7) is 2.15. The highest BCUT2D eigenvalue weighted by Crippen LogP contribution is 2.33. The van der Waals surface area contributed by atoms with Crippen molar-refractivity contribution in [2.24, 2.45) is 0 Å². The van der Waals surface area contributed by atoms with Crippen molar-refractivity contribution in [2.75, 3.05) is 18.0 Å². The molecule has 1 aliphatic rings. The van der Waals surface area contributed by atoms with Gasteiger partial charge in [0.1, 0.15) is 12.1 Å². The Bertz CT molecular complexity index is 730. The van der Waals surface area contributed by atoms with Gasteiger partial charge in [-0.15, -0.1) is 11.3 Å². The lowest BCUT2D eigenvalue weighted by Gasteiger charge is -2.33. The molecule has 1 saturated heterocycles. The van der Waals surface area contributed by atoms with Gasteiger partial charge in [-0.05, 0) is 35.8 Å². The summed E-state index contributed by atoms with van der Waals surface area (Å²) in [4.78, 5) is 11.3. The Kier molecular flexibility index (Phi) is 3.31. The number of rotatable bonds is 2. The molecule has 4 heteroatoms. The van der Waals surface area contributed by atoms with Gasteiger partial charge in [-0.1, -0.05) is 30.3 Å². The summed E-state index contributed by atoms with van der Waals surface area (Å²) in [5.74, 6) is 1.80. The van der Waals surface area contributed by atoms with Gasteiger partial charge < -0.3 is 4.90 Å². The summed E-state index contributed by atoms with van der Waals surface area (Å²) >= 11 is 1.74. The van der Waals surface area contributed by atoms with Gasteiger partial charge in [0.15, 0.2) is 0 Å². The first-order valence-corrected chi connectivity index (χ1v) is 8.28. The lowest BCUT2D eigenvalue weighted by molar-refractivity contribution is 0.503. The minimum atomic E-state index is 0.683. The van der Waals surface area contributed by atoms with Gasteiger partial charge in [0.25, 0.3) is 0 Å². The highest BCUT2D eigenvalue weighted by Gasteiger charge is 2.22. The molecule has 21 heavy (non-hydrogen) atoms. The largest absolute Gasteiger partial charge is 0.355 e. The number of nitrogens with zero attached hydrogens (tertiary/aromatic N) is 3. The zero-order valence-electron chi connectivity index (χ0n) is 11.8. The van der Waals surface area contributed by atoms with Gasteiger partial charge in [0, 0.05) is 13.1 Å². The van der Waals surface area contributed by atoms with Crippen LogP contribution in [0, 0.1) is 0 Å². The van der Waals surface area contributed by atoms with Gasteiger partial charge in [-0.25, -0.2) is 9.97 Å². The Morgan fingerprint density at radius 3 is 2.62 bits per heavy atom. The third-order valence-corrected chi connectivity index (χ3v) is 5.19. The monoisotopic (exact) mass is 295 g/mol. The van der Waals surface area contributed by atoms with E-state index in [4.69, 9.17) is 0 Å². The van der Waals surface area contributed by atoms with Crippen LogP contribution in [0.5, 0.6) is 0 Å².